The van der Waals surface area contributed by atoms with E-state index in [9.17, 15) is 9.59 Å². The van der Waals surface area contributed by atoms with Gasteiger partial charge in [-0.3, -0.25) is 9.59 Å². The van der Waals surface area contributed by atoms with Gasteiger partial charge in [0, 0.05) is 19.0 Å². The summed E-state index contributed by atoms with van der Waals surface area (Å²) in [6, 6.07) is 7.89. The fourth-order valence-electron chi connectivity index (χ4n) is 2.77. The van der Waals surface area contributed by atoms with E-state index in [0.29, 0.717) is 13.1 Å². The highest BCUT2D eigenvalue weighted by Crippen LogP contribution is 2.33. The van der Waals surface area contributed by atoms with E-state index in [-0.39, 0.29) is 18.2 Å². The van der Waals surface area contributed by atoms with Gasteiger partial charge >= 0.3 is 5.97 Å². The van der Waals surface area contributed by atoms with E-state index in [4.69, 9.17) is 4.74 Å². The van der Waals surface area contributed by atoms with Gasteiger partial charge in [-0.2, -0.15) is 0 Å². The normalized spacial score (nSPS) is 18.2. The number of piperidine rings is 1. The molecule has 1 heterocycles. The van der Waals surface area contributed by atoms with Crippen molar-refractivity contribution in [1.29, 1.82) is 0 Å². The van der Waals surface area contributed by atoms with Crippen LogP contribution in [-0.2, 0) is 14.3 Å². The van der Waals surface area contributed by atoms with Crippen molar-refractivity contribution < 1.29 is 19.1 Å². The van der Waals surface area contributed by atoms with E-state index in [2.05, 4.69) is 4.74 Å². The Morgan fingerprint density at radius 1 is 1.29 bits per heavy atom. The molecular formula is C16H21NO4. The number of nitrogens with zero attached hydrogens (tertiary/aromatic N) is 1. The van der Waals surface area contributed by atoms with Gasteiger partial charge in [0.05, 0.1) is 14.2 Å². The maximum Gasteiger partial charge on any atom is 0.315 e. The predicted molar refractivity (Wildman–Crippen MR) is 78.2 cm³/mol. The molecule has 0 N–H and O–H groups in total. The molecule has 21 heavy (non-hydrogen) atoms. The predicted octanol–water partition coefficient (Wildman–Crippen LogP) is 1.96. The summed E-state index contributed by atoms with van der Waals surface area (Å²) in [7, 11) is 2.95. The molecule has 0 bridgehead atoms. The lowest BCUT2D eigenvalue weighted by atomic mass is 9.90. The fraction of sp³-hybridized carbons (Fsp3) is 0.500. The van der Waals surface area contributed by atoms with E-state index in [1.54, 1.807) is 12.0 Å². The number of carbonyl (C=O) groups excluding carboxylic acids is 2. The molecule has 1 aromatic carbocycles. The smallest absolute Gasteiger partial charge is 0.315 e. The summed E-state index contributed by atoms with van der Waals surface area (Å²) in [5.74, 6) is 0.446. The quantitative estimate of drug-likeness (QED) is 0.628. The Labute approximate surface area is 124 Å². The van der Waals surface area contributed by atoms with Crippen LogP contribution in [0.3, 0.4) is 0 Å². The lowest BCUT2D eigenvalue weighted by Crippen LogP contribution is -2.40. The molecule has 5 nitrogen and oxygen atoms in total. The molecule has 1 saturated heterocycles. The average Bonchev–Trinajstić information content (AvgIpc) is 2.54. The van der Waals surface area contributed by atoms with Gasteiger partial charge in [-0.1, -0.05) is 18.2 Å². The second-order valence-electron chi connectivity index (χ2n) is 5.17. The molecule has 2 rings (SSSR count). The number of hydrogen-bond acceptors (Lipinski definition) is 4. The first-order valence-electron chi connectivity index (χ1n) is 7.13. The lowest BCUT2D eigenvalue weighted by molar-refractivity contribution is -0.147. The van der Waals surface area contributed by atoms with Crippen molar-refractivity contribution in [2.45, 2.75) is 25.2 Å². The molecule has 1 aromatic rings. The van der Waals surface area contributed by atoms with E-state index < -0.39 is 5.97 Å². The van der Waals surface area contributed by atoms with E-state index in [1.165, 1.54) is 7.11 Å². The highest BCUT2D eigenvalue weighted by atomic mass is 16.5. The molecule has 1 atom stereocenters. The second-order valence-corrected chi connectivity index (χ2v) is 5.17. The maximum absolute atomic E-state index is 12.1. The molecule has 0 aromatic heterocycles. The molecule has 0 radical (unpaired) electrons. The first-order valence-corrected chi connectivity index (χ1v) is 7.13. The summed E-state index contributed by atoms with van der Waals surface area (Å²) in [5, 5.41) is 0. The van der Waals surface area contributed by atoms with Crippen LogP contribution in [0.15, 0.2) is 24.3 Å². The van der Waals surface area contributed by atoms with E-state index in [1.807, 2.05) is 24.3 Å². The highest BCUT2D eigenvalue weighted by molar-refractivity contribution is 5.94. The van der Waals surface area contributed by atoms with Crippen molar-refractivity contribution in [1.82, 2.24) is 4.90 Å². The first kappa shape index (κ1) is 15.4. The Kier molecular flexibility index (Phi) is 5.20. The minimum Gasteiger partial charge on any atom is -0.496 e. The van der Waals surface area contributed by atoms with Crippen LogP contribution in [0.25, 0.3) is 0 Å². The van der Waals surface area contributed by atoms with Crippen LogP contribution in [0, 0.1) is 0 Å². The maximum atomic E-state index is 12.1. The zero-order valence-electron chi connectivity index (χ0n) is 12.5. The standard InChI is InChI=1S/C16H21NO4/c1-20-14-8-4-3-7-13(14)12-6-5-9-17(11-12)15(18)10-16(19)21-2/h3-4,7-8,12H,5-6,9-11H2,1-2H3. The number of methoxy groups -OCH3 is 2. The van der Waals surface area contributed by atoms with Crippen LogP contribution in [-0.4, -0.2) is 44.1 Å². The minimum atomic E-state index is -0.487. The van der Waals surface area contributed by atoms with Gasteiger partial charge in [-0.15, -0.1) is 0 Å². The lowest BCUT2D eigenvalue weighted by Gasteiger charge is -2.33. The Morgan fingerprint density at radius 2 is 2.05 bits per heavy atom. The summed E-state index contributed by atoms with van der Waals surface area (Å²) < 4.78 is 9.95. The first-order chi connectivity index (χ1) is 10.2. The molecular weight excluding hydrogens is 270 g/mol. The van der Waals surface area contributed by atoms with Crippen LogP contribution in [0.5, 0.6) is 5.75 Å². The zero-order chi connectivity index (χ0) is 15.2. The summed E-state index contributed by atoms with van der Waals surface area (Å²) in [5.41, 5.74) is 1.12. The molecule has 0 spiro atoms. The molecule has 1 unspecified atom stereocenters. The van der Waals surface area contributed by atoms with Crippen molar-refractivity contribution in [3.05, 3.63) is 29.8 Å². The van der Waals surface area contributed by atoms with Crippen molar-refractivity contribution in [2.75, 3.05) is 27.3 Å². The molecule has 1 fully saturated rings. The highest BCUT2D eigenvalue weighted by Gasteiger charge is 2.27. The number of carbonyl (C=O) groups is 2. The Balaban J connectivity index is 2.07. The number of hydrogen-bond donors (Lipinski definition) is 0. The largest absolute Gasteiger partial charge is 0.496 e. The molecule has 5 heteroatoms. The van der Waals surface area contributed by atoms with Crippen LogP contribution in [0.4, 0.5) is 0 Å². The third-order valence-corrected chi connectivity index (χ3v) is 3.88. The molecule has 1 aliphatic rings. The minimum absolute atomic E-state index is 0.165. The van der Waals surface area contributed by atoms with Crippen LogP contribution in [0.1, 0.15) is 30.7 Å². The van der Waals surface area contributed by atoms with Crippen molar-refractivity contribution in [3.8, 4) is 5.75 Å². The Hall–Kier alpha value is -2.04. The topological polar surface area (TPSA) is 55.8 Å². The molecule has 1 amide bonds. The van der Waals surface area contributed by atoms with Crippen molar-refractivity contribution >= 4 is 11.9 Å². The fourth-order valence-corrected chi connectivity index (χ4v) is 2.77. The van der Waals surface area contributed by atoms with Gasteiger partial charge in [0.15, 0.2) is 0 Å². The third kappa shape index (κ3) is 3.74. The van der Waals surface area contributed by atoms with E-state index >= 15 is 0 Å². The second kappa shape index (κ2) is 7.11. The van der Waals surface area contributed by atoms with Crippen molar-refractivity contribution in [2.24, 2.45) is 0 Å². The molecule has 114 valence electrons. The summed E-state index contributed by atoms with van der Waals surface area (Å²) in [6.45, 7) is 1.32. The van der Waals surface area contributed by atoms with E-state index in [0.717, 1.165) is 24.2 Å². The number of benzene rings is 1. The third-order valence-electron chi connectivity index (χ3n) is 3.88. The summed E-state index contributed by atoms with van der Waals surface area (Å²) >= 11 is 0. The van der Waals surface area contributed by atoms with Gasteiger partial charge in [-0.05, 0) is 24.5 Å². The SMILES string of the molecule is COC(=O)CC(=O)N1CCCC(c2ccccc2OC)C1. The number of amides is 1. The Morgan fingerprint density at radius 3 is 2.76 bits per heavy atom. The zero-order valence-corrected chi connectivity index (χ0v) is 12.5. The Bertz CT molecular complexity index is 515. The number of esters is 1. The van der Waals surface area contributed by atoms with Gasteiger partial charge in [0.1, 0.15) is 12.2 Å². The number of rotatable bonds is 4. The van der Waals surface area contributed by atoms with Gasteiger partial charge in [0.2, 0.25) is 5.91 Å². The molecule has 0 saturated carbocycles. The van der Waals surface area contributed by atoms with Gasteiger partial charge < -0.3 is 14.4 Å². The number of ether oxygens (including phenoxy) is 2. The van der Waals surface area contributed by atoms with Gasteiger partial charge in [0.25, 0.3) is 0 Å². The van der Waals surface area contributed by atoms with Crippen LogP contribution >= 0.6 is 0 Å². The summed E-state index contributed by atoms with van der Waals surface area (Å²) in [4.78, 5) is 25.1. The number of likely N-dealkylation sites (tertiary alicyclic amines) is 1. The summed E-state index contributed by atoms with van der Waals surface area (Å²) in [6.07, 6.45) is 1.76. The average molecular weight is 291 g/mol. The van der Waals surface area contributed by atoms with Gasteiger partial charge in [-0.25, -0.2) is 0 Å². The molecule has 1 aliphatic heterocycles. The van der Waals surface area contributed by atoms with Crippen molar-refractivity contribution in [3.63, 3.8) is 0 Å². The number of para-hydroxylation sites is 1. The monoisotopic (exact) mass is 291 g/mol. The van der Waals surface area contributed by atoms with Crippen LogP contribution in [0.2, 0.25) is 0 Å². The molecule has 0 aliphatic carbocycles. The van der Waals surface area contributed by atoms with Crippen LogP contribution < -0.4 is 4.74 Å².